The molecule has 0 spiro atoms. The fourth-order valence-electron chi connectivity index (χ4n) is 5.10. The first kappa shape index (κ1) is 31.2. The molecule has 0 aliphatic rings. The van der Waals surface area contributed by atoms with Crippen LogP contribution in [0.5, 0.6) is 11.5 Å². The topological polar surface area (TPSA) is 148 Å². The van der Waals surface area contributed by atoms with E-state index in [4.69, 9.17) is 4.74 Å². The van der Waals surface area contributed by atoms with Crippen LogP contribution in [0.1, 0.15) is 31.8 Å². The van der Waals surface area contributed by atoms with Crippen molar-refractivity contribution < 1.29 is 29.6 Å². The molecule has 4 aromatic heterocycles. The molecule has 0 atom stereocenters. The second kappa shape index (κ2) is 13.6. The number of rotatable bonds is 9. The first-order valence-electron chi connectivity index (χ1n) is 13.8. The molecular formula is C33H28N2O8S2. The molecule has 4 heterocycles. The lowest BCUT2D eigenvalue weighted by Crippen LogP contribution is -2.25. The zero-order chi connectivity index (χ0) is 32.1. The monoisotopic (exact) mass is 644 g/mol. The summed E-state index contributed by atoms with van der Waals surface area (Å²) >= 11 is 2.50. The van der Waals surface area contributed by atoms with Gasteiger partial charge < -0.3 is 29.2 Å². The predicted molar refractivity (Wildman–Crippen MR) is 175 cm³/mol. The maximum Gasteiger partial charge on any atom is 0.341 e. The van der Waals surface area contributed by atoms with Crippen LogP contribution in [0.25, 0.3) is 20.4 Å². The molecule has 3 N–H and O–H groups in total. The Labute approximate surface area is 264 Å². The number of carboxylic acids is 2. The molecule has 0 saturated carbocycles. The van der Waals surface area contributed by atoms with Crippen LogP contribution in [0.4, 0.5) is 0 Å². The van der Waals surface area contributed by atoms with Crippen molar-refractivity contribution >= 4 is 55.0 Å². The molecule has 0 aliphatic heterocycles. The number of methoxy groups -OCH3 is 1. The van der Waals surface area contributed by atoms with Gasteiger partial charge in [0.1, 0.15) is 11.1 Å². The van der Waals surface area contributed by atoms with E-state index < -0.39 is 28.8 Å². The molecule has 0 radical (unpaired) electrons. The minimum absolute atomic E-state index is 0.0570. The summed E-state index contributed by atoms with van der Waals surface area (Å²) in [6, 6.07) is 23.0. The number of ether oxygens (including phenoxy) is 1. The zero-order valence-corrected chi connectivity index (χ0v) is 25.6. The lowest BCUT2D eigenvalue weighted by atomic mass is 10.1. The van der Waals surface area contributed by atoms with Gasteiger partial charge in [-0.05, 0) is 46.9 Å². The molecule has 6 aromatic rings. The minimum Gasteiger partial charge on any atom is -0.502 e. The molecule has 45 heavy (non-hydrogen) atoms. The van der Waals surface area contributed by atoms with Crippen LogP contribution in [0, 0.1) is 0 Å². The van der Waals surface area contributed by atoms with Gasteiger partial charge in [0.15, 0.2) is 11.5 Å². The van der Waals surface area contributed by atoms with E-state index in [1.54, 1.807) is 27.5 Å². The summed E-state index contributed by atoms with van der Waals surface area (Å²) in [4.78, 5) is 47.7. The highest BCUT2D eigenvalue weighted by Gasteiger charge is 2.24. The Bertz CT molecular complexity index is 2110. The van der Waals surface area contributed by atoms with Crippen molar-refractivity contribution in [2.75, 3.05) is 7.11 Å². The second-order valence-electron chi connectivity index (χ2n) is 9.90. The number of hydrogen-bond acceptors (Lipinski definition) is 8. The average molecular weight is 645 g/mol. The van der Waals surface area contributed by atoms with Crippen molar-refractivity contribution in [2.24, 2.45) is 0 Å². The molecule has 0 saturated heterocycles. The van der Waals surface area contributed by atoms with Crippen LogP contribution in [0.15, 0.2) is 93.1 Å². The fourth-order valence-corrected chi connectivity index (χ4v) is 6.96. The van der Waals surface area contributed by atoms with Gasteiger partial charge >= 0.3 is 11.9 Å². The molecular weight excluding hydrogens is 617 g/mol. The smallest absolute Gasteiger partial charge is 0.341 e. The third-order valence-corrected chi connectivity index (χ3v) is 9.08. The number of benzene rings is 2. The summed E-state index contributed by atoms with van der Waals surface area (Å²) in [7, 11) is 1.32. The summed E-state index contributed by atoms with van der Waals surface area (Å²) in [5.74, 6) is -3.25. The first-order chi connectivity index (χ1) is 21.7. The number of fused-ring (bicyclic) bond motifs is 2. The van der Waals surface area contributed by atoms with Gasteiger partial charge in [0.25, 0.3) is 11.1 Å². The van der Waals surface area contributed by atoms with Gasteiger partial charge in [0.05, 0.1) is 27.5 Å². The van der Waals surface area contributed by atoms with Crippen LogP contribution < -0.4 is 15.9 Å². The van der Waals surface area contributed by atoms with E-state index in [1.165, 1.54) is 34.4 Å². The van der Waals surface area contributed by atoms with E-state index in [2.05, 4.69) is 0 Å². The molecule has 0 amide bonds. The number of hydrogen-bond donors (Lipinski definition) is 3. The van der Waals surface area contributed by atoms with Crippen molar-refractivity contribution in [3.05, 3.63) is 127 Å². The largest absolute Gasteiger partial charge is 0.502 e. The number of carbonyl (C=O) groups is 2. The van der Waals surface area contributed by atoms with E-state index in [9.17, 15) is 34.5 Å². The van der Waals surface area contributed by atoms with Gasteiger partial charge in [-0.3, -0.25) is 9.59 Å². The molecule has 230 valence electrons. The Morgan fingerprint density at radius 3 is 1.58 bits per heavy atom. The number of aromatic carboxylic acids is 2. The maximum absolute atomic E-state index is 12.6. The molecule has 0 fully saturated rings. The Balaban J connectivity index is 0.000000178. The quantitative estimate of drug-likeness (QED) is 0.181. The molecule has 2 aromatic carbocycles. The van der Waals surface area contributed by atoms with E-state index >= 15 is 0 Å². The number of thiophene rings is 2. The van der Waals surface area contributed by atoms with E-state index in [-0.39, 0.29) is 16.9 Å². The van der Waals surface area contributed by atoms with Crippen molar-refractivity contribution in [3.63, 3.8) is 0 Å². The van der Waals surface area contributed by atoms with Crippen LogP contribution in [-0.4, -0.2) is 43.5 Å². The fraction of sp³-hybridized carbons (Fsp3) is 0.152. The number of aryl methyl sites for hydroxylation is 4. The summed E-state index contributed by atoms with van der Waals surface area (Å²) in [5.41, 5.74) is 1.91. The Hall–Kier alpha value is -5.20. The van der Waals surface area contributed by atoms with Gasteiger partial charge in [-0.1, -0.05) is 60.7 Å². The summed E-state index contributed by atoms with van der Waals surface area (Å²) in [5, 5.41) is 32.1. The maximum atomic E-state index is 12.6. The lowest BCUT2D eigenvalue weighted by molar-refractivity contribution is 0.0684. The van der Waals surface area contributed by atoms with Crippen molar-refractivity contribution in [1.82, 2.24) is 9.13 Å². The highest BCUT2D eigenvalue weighted by atomic mass is 32.1. The molecule has 0 bridgehead atoms. The summed E-state index contributed by atoms with van der Waals surface area (Å²) < 4.78 is 9.09. The van der Waals surface area contributed by atoms with E-state index in [1.807, 2.05) is 60.7 Å². The van der Waals surface area contributed by atoms with Gasteiger partial charge in [-0.25, -0.2) is 9.59 Å². The number of aromatic nitrogens is 2. The number of nitrogens with zero attached hydrogens (tertiary/aromatic N) is 2. The van der Waals surface area contributed by atoms with Crippen molar-refractivity contribution in [1.29, 1.82) is 0 Å². The molecule has 0 unspecified atom stereocenters. The van der Waals surface area contributed by atoms with Gasteiger partial charge in [-0.2, -0.15) is 0 Å². The predicted octanol–water partition coefficient (Wildman–Crippen LogP) is 5.72. The molecule has 10 nitrogen and oxygen atoms in total. The third-order valence-electron chi connectivity index (χ3n) is 7.24. The lowest BCUT2D eigenvalue weighted by Gasteiger charge is -2.13. The molecule has 0 aliphatic carbocycles. The van der Waals surface area contributed by atoms with Crippen LogP contribution in [-0.2, 0) is 25.9 Å². The van der Waals surface area contributed by atoms with Crippen LogP contribution in [0.3, 0.4) is 0 Å². The standard InChI is InChI=1S/C17H15NO4S.C16H13NO4S/c1-22-14-13(17(20)21)15-12(8-10-23-15)18(16(14)19)9-7-11-5-3-2-4-6-11;18-13-12(16(20)21)14-11(7-9-22-14)17(15(13)19)8-6-10-4-2-1-3-5-10/h2-6,8,10H,7,9H2,1H3,(H,20,21);1-5,7,9,18H,6,8H2,(H,20,21). The van der Waals surface area contributed by atoms with E-state index in [0.29, 0.717) is 46.4 Å². The van der Waals surface area contributed by atoms with Gasteiger partial charge in [0.2, 0.25) is 0 Å². The molecule has 12 heteroatoms. The molecule has 6 rings (SSSR count). The Kier molecular flexibility index (Phi) is 9.45. The Morgan fingerprint density at radius 2 is 1.13 bits per heavy atom. The first-order valence-corrected chi connectivity index (χ1v) is 15.5. The Morgan fingerprint density at radius 1 is 0.689 bits per heavy atom. The second-order valence-corrected chi connectivity index (χ2v) is 11.7. The highest BCUT2D eigenvalue weighted by molar-refractivity contribution is 7.17. The van der Waals surface area contributed by atoms with E-state index in [0.717, 1.165) is 11.1 Å². The van der Waals surface area contributed by atoms with Crippen LogP contribution in [0.2, 0.25) is 0 Å². The van der Waals surface area contributed by atoms with Crippen LogP contribution >= 0.6 is 22.7 Å². The van der Waals surface area contributed by atoms with Crippen molar-refractivity contribution in [2.45, 2.75) is 25.9 Å². The summed E-state index contributed by atoms with van der Waals surface area (Å²) in [6.45, 7) is 0.843. The van der Waals surface area contributed by atoms with Crippen molar-refractivity contribution in [3.8, 4) is 11.5 Å². The zero-order valence-electron chi connectivity index (χ0n) is 24.0. The normalized spacial score (nSPS) is 10.9. The third kappa shape index (κ3) is 6.37. The van der Waals surface area contributed by atoms with Gasteiger partial charge in [-0.15, -0.1) is 22.7 Å². The van der Waals surface area contributed by atoms with Gasteiger partial charge in [0, 0.05) is 13.1 Å². The summed E-state index contributed by atoms with van der Waals surface area (Å²) in [6.07, 6.45) is 1.30. The number of pyridine rings is 2. The SMILES string of the molecule is COc1c(C(=O)O)c2sccc2n(CCc2ccccc2)c1=O.O=C(O)c1c(O)c(=O)n(CCc2ccccc2)c2ccsc12. The average Bonchev–Trinajstić information content (AvgIpc) is 3.72. The number of carboxylic acid groups (broad SMARTS) is 2. The number of aromatic hydroxyl groups is 1. The minimum atomic E-state index is -1.29. The highest BCUT2D eigenvalue weighted by Crippen LogP contribution is 2.30.